The standard InChI is InChI=1S/C17H27N5O2/c1-12-4-3-7-22(10-12)16-14(18)15(19-11-20-16)21-8-5-13(6-9-21)17(23)24-2/h11-13H,3-10,18H2,1-2H3. The van der Waals surface area contributed by atoms with Crippen LogP contribution in [0.5, 0.6) is 0 Å². The van der Waals surface area contributed by atoms with Gasteiger partial charge in [0.25, 0.3) is 0 Å². The van der Waals surface area contributed by atoms with Gasteiger partial charge in [0.2, 0.25) is 0 Å². The Bertz CT molecular complexity index is 586. The quantitative estimate of drug-likeness (QED) is 0.842. The summed E-state index contributed by atoms with van der Waals surface area (Å²) in [7, 11) is 1.45. The van der Waals surface area contributed by atoms with E-state index < -0.39 is 0 Å². The lowest BCUT2D eigenvalue weighted by Gasteiger charge is -2.35. The molecule has 1 unspecified atom stereocenters. The van der Waals surface area contributed by atoms with Gasteiger partial charge in [-0.05, 0) is 31.6 Å². The van der Waals surface area contributed by atoms with Crippen LogP contribution in [0, 0.1) is 11.8 Å². The average Bonchev–Trinajstić information content (AvgIpc) is 2.61. The first-order valence-corrected chi connectivity index (χ1v) is 8.78. The van der Waals surface area contributed by atoms with Crippen LogP contribution in [0.2, 0.25) is 0 Å². The molecule has 0 aliphatic carbocycles. The van der Waals surface area contributed by atoms with Gasteiger partial charge in [-0.15, -0.1) is 0 Å². The predicted octanol–water partition coefficient (Wildman–Crippen LogP) is 1.68. The van der Waals surface area contributed by atoms with E-state index in [0.717, 1.165) is 50.7 Å². The number of esters is 1. The van der Waals surface area contributed by atoms with Crippen molar-refractivity contribution in [2.24, 2.45) is 11.8 Å². The van der Waals surface area contributed by atoms with Gasteiger partial charge in [0.15, 0.2) is 11.6 Å². The molecule has 24 heavy (non-hydrogen) atoms. The third kappa shape index (κ3) is 3.39. The zero-order valence-electron chi connectivity index (χ0n) is 14.6. The van der Waals surface area contributed by atoms with Crippen LogP contribution in [-0.4, -0.2) is 49.2 Å². The van der Waals surface area contributed by atoms with Gasteiger partial charge >= 0.3 is 5.97 Å². The second-order valence-electron chi connectivity index (χ2n) is 6.91. The van der Waals surface area contributed by atoms with Crippen molar-refractivity contribution in [3.63, 3.8) is 0 Å². The number of anilines is 3. The highest BCUT2D eigenvalue weighted by Crippen LogP contribution is 2.33. The molecule has 0 spiro atoms. The van der Waals surface area contributed by atoms with E-state index in [4.69, 9.17) is 10.5 Å². The molecule has 1 aromatic rings. The maximum Gasteiger partial charge on any atom is 0.308 e. The van der Waals surface area contributed by atoms with Crippen molar-refractivity contribution < 1.29 is 9.53 Å². The fraction of sp³-hybridized carbons (Fsp3) is 0.706. The van der Waals surface area contributed by atoms with Crippen LogP contribution in [0.3, 0.4) is 0 Å². The molecule has 0 radical (unpaired) electrons. The average molecular weight is 333 g/mol. The van der Waals surface area contributed by atoms with Crippen LogP contribution in [-0.2, 0) is 9.53 Å². The van der Waals surface area contributed by atoms with E-state index in [0.29, 0.717) is 11.6 Å². The number of ether oxygens (including phenoxy) is 1. The number of methoxy groups -OCH3 is 1. The van der Waals surface area contributed by atoms with Crippen molar-refractivity contribution in [3.8, 4) is 0 Å². The molecule has 2 aliphatic heterocycles. The maximum atomic E-state index is 11.7. The lowest BCUT2D eigenvalue weighted by Crippen LogP contribution is -2.39. The van der Waals surface area contributed by atoms with Gasteiger partial charge in [0.05, 0.1) is 13.0 Å². The first kappa shape index (κ1) is 16.8. The molecule has 0 saturated carbocycles. The van der Waals surface area contributed by atoms with E-state index in [1.54, 1.807) is 6.33 Å². The summed E-state index contributed by atoms with van der Waals surface area (Å²) in [6, 6.07) is 0. The Morgan fingerprint density at radius 2 is 1.83 bits per heavy atom. The molecule has 0 bridgehead atoms. The second kappa shape index (κ2) is 7.23. The fourth-order valence-corrected chi connectivity index (χ4v) is 3.76. The number of carbonyl (C=O) groups is 1. The molecule has 1 atom stereocenters. The molecule has 2 saturated heterocycles. The van der Waals surface area contributed by atoms with Crippen LogP contribution in [0.1, 0.15) is 32.6 Å². The van der Waals surface area contributed by atoms with E-state index in [2.05, 4.69) is 26.7 Å². The highest BCUT2D eigenvalue weighted by atomic mass is 16.5. The zero-order valence-corrected chi connectivity index (χ0v) is 14.6. The molecule has 1 aromatic heterocycles. The minimum atomic E-state index is -0.117. The molecule has 0 amide bonds. The molecular formula is C17H27N5O2. The van der Waals surface area contributed by atoms with E-state index in [-0.39, 0.29) is 11.9 Å². The predicted molar refractivity (Wildman–Crippen MR) is 94.0 cm³/mol. The number of hydrogen-bond donors (Lipinski definition) is 1. The fourth-order valence-electron chi connectivity index (χ4n) is 3.76. The topological polar surface area (TPSA) is 84.6 Å². The number of nitrogens with two attached hydrogens (primary N) is 1. The minimum Gasteiger partial charge on any atom is -0.469 e. The Morgan fingerprint density at radius 3 is 2.46 bits per heavy atom. The SMILES string of the molecule is COC(=O)C1CCN(c2ncnc(N3CCCC(C)C3)c2N)CC1. The number of aromatic nitrogens is 2. The van der Waals surface area contributed by atoms with E-state index in [9.17, 15) is 4.79 Å². The summed E-state index contributed by atoms with van der Waals surface area (Å²) in [5, 5.41) is 0. The summed E-state index contributed by atoms with van der Waals surface area (Å²) in [4.78, 5) is 25.0. The molecule has 7 heteroatoms. The Morgan fingerprint density at radius 1 is 1.17 bits per heavy atom. The smallest absolute Gasteiger partial charge is 0.308 e. The molecule has 2 fully saturated rings. The molecule has 132 valence electrons. The highest BCUT2D eigenvalue weighted by Gasteiger charge is 2.28. The summed E-state index contributed by atoms with van der Waals surface area (Å²) in [6.45, 7) is 5.77. The van der Waals surface area contributed by atoms with Gasteiger partial charge < -0.3 is 20.3 Å². The summed E-state index contributed by atoms with van der Waals surface area (Å²) in [5.74, 6) is 2.17. The summed E-state index contributed by atoms with van der Waals surface area (Å²) in [5.41, 5.74) is 7.07. The molecular weight excluding hydrogens is 306 g/mol. The second-order valence-corrected chi connectivity index (χ2v) is 6.91. The molecule has 3 heterocycles. The first-order valence-electron chi connectivity index (χ1n) is 8.78. The van der Waals surface area contributed by atoms with Gasteiger partial charge in [-0.25, -0.2) is 9.97 Å². The Balaban J connectivity index is 1.73. The third-order valence-corrected chi connectivity index (χ3v) is 5.13. The van der Waals surface area contributed by atoms with Crippen molar-refractivity contribution >= 4 is 23.3 Å². The Labute approximate surface area is 143 Å². The van der Waals surface area contributed by atoms with Crippen LogP contribution in [0.25, 0.3) is 0 Å². The minimum absolute atomic E-state index is 0.0169. The normalized spacial score (nSPS) is 22.5. The summed E-state index contributed by atoms with van der Waals surface area (Å²) < 4.78 is 4.85. The molecule has 2 aliphatic rings. The largest absolute Gasteiger partial charge is 0.469 e. The van der Waals surface area contributed by atoms with Crippen molar-refractivity contribution in [3.05, 3.63) is 6.33 Å². The third-order valence-electron chi connectivity index (χ3n) is 5.13. The number of nitrogen functional groups attached to an aromatic ring is 1. The number of nitrogens with zero attached hydrogens (tertiary/aromatic N) is 4. The van der Waals surface area contributed by atoms with Gasteiger partial charge in [-0.2, -0.15) is 0 Å². The monoisotopic (exact) mass is 333 g/mol. The van der Waals surface area contributed by atoms with E-state index in [1.807, 2.05) is 0 Å². The lowest BCUT2D eigenvalue weighted by molar-refractivity contribution is -0.146. The van der Waals surface area contributed by atoms with Crippen LogP contribution in [0.4, 0.5) is 17.3 Å². The molecule has 2 N–H and O–H groups in total. The van der Waals surface area contributed by atoms with Crippen molar-refractivity contribution in [2.75, 3.05) is 48.8 Å². The van der Waals surface area contributed by atoms with E-state index in [1.165, 1.54) is 20.0 Å². The number of carbonyl (C=O) groups excluding carboxylic acids is 1. The van der Waals surface area contributed by atoms with Crippen LogP contribution >= 0.6 is 0 Å². The number of piperidine rings is 2. The number of rotatable bonds is 3. The van der Waals surface area contributed by atoms with Crippen LogP contribution < -0.4 is 15.5 Å². The first-order chi connectivity index (χ1) is 11.6. The van der Waals surface area contributed by atoms with Crippen molar-refractivity contribution in [2.45, 2.75) is 32.6 Å². The Hall–Kier alpha value is -2.05. The Kier molecular flexibility index (Phi) is 5.06. The highest BCUT2D eigenvalue weighted by molar-refractivity contribution is 5.77. The van der Waals surface area contributed by atoms with Gasteiger partial charge in [-0.1, -0.05) is 6.92 Å². The summed E-state index contributed by atoms with van der Waals surface area (Å²) >= 11 is 0. The molecule has 0 aromatic carbocycles. The van der Waals surface area contributed by atoms with Crippen LogP contribution in [0.15, 0.2) is 6.33 Å². The molecule has 7 nitrogen and oxygen atoms in total. The zero-order chi connectivity index (χ0) is 17.1. The lowest BCUT2D eigenvalue weighted by atomic mass is 9.97. The maximum absolute atomic E-state index is 11.7. The van der Waals surface area contributed by atoms with Gasteiger partial charge in [0.1, 0.15) is 12.0 Å². The number of hydrogen-bond acceptors (Lipinski definition) is 7. The molecule has 3 rings (SSSR count). The summed E-state index contributed by atoms with van der Waals surface area (Å²) in [6.07, 6.45) is 5.57. The van der Waals surface area contributed by atoms with Gasteiger partial charge in [-0.3, -0.25) is 4.79 Å². The van der Waals surface area contributed by atoms with E-state index >= 15 is 0 Å². The van der Waals surface area contributed by atoms with Crippen molar-refractivity contribution in [1.29, 1.82) is 0 Å². The van der Waals surface area contributed by atoms with Crippen molar-refractivity contribution in [1.82, 2.24) is 9.97 Å². The van der Waals surface area contributed by atoms with Gasteiger partial charge in [0, 0.05) is 26.2 Å².